The van der Waals surface area contributed by atoms with E-state index in [2.05, 4.69) is 0 Å². The lowest BCUT2D eigenvalue weighted by molar-refractivity contribution is -0.384. The Balaban J connectivity index is 1.87. The maximum atomic E-state index is 12.6. The molecular formula is C26H28N2O6S. The molecule has 0 heterocycles. The van der Waals surface area contributed by atoms with Gasteiger partial charge in [0.15, 0.2) is 0 Å². The molecule has 3 unspecified atom stereocenters. The first-order valence-electron chi connectivity index (χ1n) is 11.1. The quantitative estimate of drug-likeness (QED) is 0.165. The highest BCUT2D eigenvalue weighted by Gasteiger charge is 2.26. The molecule has 1 N–H and O–H groups in total. The Kier molecular flexibility index (Phi) is 9.11. The van der Waals surface area contributed by atoms with E-state index in [-0.39, 0.29) is 24.1 Å². The van der Waals surface area contributed by atoms with Crippen molar-refractivity contribution in [3.8, 4) is 0 Å². The Hall–Kier alpha value is -3.56. The van der Waals surface area contributed by atoms with Gasteiger partial charge in [-0.2, -0.15) is 0 Å². The molecule has 8 nitrogen and oxygen atoms in total. The van der Waals surface area contributed by atoms with E-state index >= 15 is 0 Å². The highest BCUT2D eigenvalue weighted by Crippen LogP contribution is 2.32. The van der Waals surface area contributed by atoms with Crippen LogP contribution in [0.15, 0.2) is 78.9 Å². The van der Waals surface area contributed by atoms with E-state index in [0.29, 0.717) is 18.5 Å². The number of nitro groups is 1. The molecule has 0 aliphatic rings. The van der Waals surface area contributed by atoms with Gasteiger partial charge in [-0.1, -0.05) is 60.2 Å². The van der Waals surface area contributed by atoms with Gasteiger partial charge in [0.05, 0.1) is 23.6 Å². The molecule has 3 atom stereocenters. The fourth-order valence-corrected chi connectivity index (χ4v) is 4.63. The van der Waals surface area contributed by atoms with Crippen molar-refractivity contribution in [2.24, 2.45) is 0 Å². The third-order valence-corrected chi connectivity index (χ3v) is 6.70. The van der Waals surface area contributed by atoms with Gasteiger partial charge in [0.25, 0.3) is 17.0 Å². The Morgan fingerprint density at radius 1 is 1.00 bits per heavy atom. The number of anilines is 1. The summed E-state index contributed by atoms with van der Waals surface area (Å²) >= 11 is -2.36. The van der Waals surface area contributed by atoms with E-state index in [1.54, 1.807) is 0 Å². The number of carbonyl (C=O) groups excluding carboxylic acids is 1. The predicted octanol–water partition coefficient (Wildman–Crippen LogP) is 5.37. The molecule has 35 heavy (non-hydrogen) atoms. The number of rotatable bonds is 11. The lowest BCUT2D eigenvalue weighted by Crippen LogP contribution is -2.30. The second-order valence-corrected chi connectivity index (χ2v) is 9.14. The number of non-ortho nitro benzene ring substituents is 1. The molecule has 9 heteroatoms. The van der Waals surface area contributed by atoms with Crippen molar-refractivity contribution in [3.05, 3.63) is 106 Å². The molecule has 0 fully saturated rings. The smallest absolute Gasteiger partial charge is 0.313 e. The van der Waals surface area contributed by atoms with E-state index < -0.39 is 22.1 Å². The fraction of sp³-hybridized carbons (Fsp3) is 0.269. The number of nitrogens with zero attached hydrogens (tertiary/aromatic N) is 2. The van der Waals surface area contributed by atoms with Gasteiger partial charge in [-0.25, -0.2) is 4.21 Å². The molecule has 0 bridgehead atoms. The first-order valence-corrected chi connectivity index (χ1v) is 12.2. The third kappa shape index (κ3) is 6.97. The van der Waals surface area contributed by atoms with Crippen LogP contribution in [0.3, 0.4) is 0 Å². The maximum Gasteiger partial charge on any atom is 0.313 e. The van der Waals surface area contributed by atoms with Crippen LogP contribution >= 0.6 is 0 Å². The molecule has 0 amide bonds. The molecule has 0 aliphatic carbocycles. The standard InChI is InChI=1S/C26H28N2O6S/c1-19-8-10-21(11-9-19)25(26(29)34-2)17-12-22(20-6-4-3-5-7-20)18-27(35(32)33)23-13-15-24(16-14-23)28(30)31/h3-11,13-16,22,25H,12,17-18H2,1-2H3,(H,32,33). The van der Waals surface area contributed by atoms with Crippen molar-refractivity contribution >= 4 is 28.6 Å². The Labute approximate surface area is 207 Å². The maximum absolute atomic E-state index is 12.6. The van der Waals surface area contributed by atoms with Crippen LogP contribution in [0.1, 0.15) is 41.4 Å². The van der Waals surface area contributed by atoms with Gasteiger partial charge in [-0.3, -0.25) is 23.8 Å². The van der Waals surface area contributed by atoms with Crippen molar-refractivity contribution in [2.45, 2.75) is 31.6 Å². The first-order chi connectivity index (χ1) is 16.8. The van der Waals surface area contributed by atoms with Gasteiger partial charge >= 0.3 is 5.97 Å². The predicted molar refractivity (Wildman–Crippen MR) is 136 cm³/mol. The summed E-state index contributed by atoms with van der Waals surface area (Å²) in [5, 5.41) is 11.0. The first kappa shape index (κ1) is 26.1. The van der Waals surface area contributed by atoms with E-state index in [9.17, 15) is 23.7 Å². The fourth-order valence-electron chi connectivity index (χ4n) is 4.02. The lowest BCUT2D eigenvalue weighted by Gasteiger charge is -2.27. The summed E-state index contributed by atoms with van der Waals surface area (Å²) in [4.78, 5) is 23.1. The summed E-state index contributed by atoms with van der Waals surface area (Å²) in [7, 11) is 1.36. The minimum Gasteiger partial charge on any atom is -0.469 e. The van der Waals surface area contributed by atoms with E-state index in [0.717, 1.165) is 16.7 Å². The van der Waals surface area contributed by atoms with Crippen LogP contribution in [0.25, 0.3) is 0 Å². The van der Waals surface area contributed by atoms with Gasteiger partial charge in [-0.15, -0.1) is 0 Å². The van der Waals surface area contributed by atoms with E-state index in [1.807, 2.05) is 61.5 Å². The van der Waals surface area contributed by atoms with E-state index in [4.69, 9.17) is 4.74 Å². The second kappa shape index (κ2) is 12.2. The zero-order chi connectivity index (χ0) is 25.4. The topological polar surface area (TPSA) is 110 Å². The monoisotopic (exact) mass is 496 g/mol. The van der Waals surface area contributed by atoms with Crippen molar-refractivity contribution < 1.29 is 23.2 Å². The SMILES string of the molecule is COC(=O)C(CCC(CN(c1ccc([N+](=O)[O-])cc1)S(=O)O)c1ccccc1)c1ccc(C)cc1. The number of aryl methyl sites for hydroxylation is 1. The van der Waals surface area contributed by atoms with Crippen LogP contribution in [0.5, 0.6) is 0 Å². The van der Waals surface area contributed by atoms with Crippen molar-refractivity contribution in [1.82, 2.24) is 0 Å². The summed E-state index contributed by atoms with van der Waals surface area (Å²) in [5.41, 5.74) is 3.18. The number of hydrogen-bond donors (Lipinski definition) is 1. The molecule has 0 saturated carbocycles. The van der Waals surface area contributed by atoms with Crippen molar-refractivity contribution in [1.29, 1.82) is 0 Å². The minimum atomic E-state index is -2.36. The molecule has 0 saturated heterocycles. The van der Waals surface area contributed by atoms with Gasteiger partial charge in [0, 0.05) is 24.6 Å². The lowest BCUT2D eigenvalue weighted by atomic mass is 9.87. The van der Waals surface area contributed by atoms with Crippen LogP contribution in [-0.4, -0.2) is 33.3 Å². The van der Waals surface area contributed by atoms with Gasteiger partial charge in [-0.05, 0) is 43.0 Å². The van der Waals surface area contributed by atoms with Crippen LogP contribution in [0.4, 0.5) is 11.4 Å². The number of carbonyl (C=O) groups is 1. The molecule has 3 rings (SSSR count). The average Bonchev–Trinajstić information content (AvgIpc) is 2.87. The number of methoxy groups -OCH3 is 1. The Bertz CT molecular complexity index is 1150. The number of benzene rings is 3. The van der Waals surface area contributed by atoms with Gasteiger partial charge in [0.1, 0.15) is 0 Å². The minimum absolute atomic E-state index is 0.101. The Morgan fingerprint density at radius 2 is 1.63 bits per heavy atom. The van der Waals surface area contributed by atoms with Crippen LogP contribution in [0, 0.1) is 17.0 Å². The molecule has 0 spiro atoms. The van der Waals surface area contributed by atoms with Crippen LogP contribution < -0.4 is 4.31 Å². The second-order valence-electron chi connectivity index (χ2n) is 8.24. The average molecular weight is 497 g/mol. The van der Waals surface area contributed by atoms with Gasteiger partial charge < -0.3 is 4.74 Å². The van der Waals surface area contributed by atoms with Crippen LogP contribution in [0.2, 0.25) is 0 Å². The number of ether oxygens (including phenoxy) is 1. The molecule has 3 aromatic carbocycles. The largest absolute Gasteiger partial charge is 0.469 e. The molecule has 0 radical (unpaired) electrons. The molecular weight excluding hydrogens is 468 g/mol. The summed E-state index contributed by atoms with van der Waals surface area (Å²) in [6, 6.07) is 22.8. The third-order valence-electron chi connectivity index (χ3n) is 5.96. The van der Waals surface area contributed by atoms with Gasteiger partial charge in [0.2, 0.25) is 0 Å². The summed E-state index contributed by atoms with van der Waals surface area (Å²) < 4.78 is 28.7. The molecule has 0 aromatic heterocycles. The molecule has 184 valence electrons. The molecule has 0 aliphatic heterocycles. The molecule has 3 aromatic rings. The normalized spacial score (nSPS) is 13.5. The highest BCUT2D eigenvalue weighted by molar-refractivity contribution is 7.80. The number of esters is 1. The number of nitro benzene ring substituents is 1. The summed E-state index contributed by atoms with van der Waals surface area (Å²) in [6.07, 6.45) is 1.01. The zero-order valence-electron chi connectivity index (χ0n) is 19.6. The summed E-state index contributed by atoms with van der Waals surface area (Å²) in [5.74, 6) is -1.00. The zero-order valence-corrected chi connectivity index (χ0v) is 20.4. The van der Waals surface area contributed by atoms with Crippen molar-refractivity contribution in [2.75, 3.05) is 18.0 Å². The number of hydrogen-bond acceptors (Lipinski definition) is 5. The highest BCUT2D eigenvalue weighted by atomic mass is 32.2. The Morgan fingerprint density at radius 3 is 2.17 bits per heavy atom. The van der Waals surface area contributed by atoms with Crippen molar-refractivity contribution in [3.63, 3.8) is 0 Å². The summed E-state index contributed by atoms with van der Waals surface area (Å²) in [6.45, 7) is 2.15. The van der Waals surface area contributed by atoms with E-state index in [1.165, 1.54) is 35.7 Å². The van der Waals surface area contributed by atoms with Crippen LogP contribution in [-0.2, 0) is 20.8 Å².